The number of benzene rings is 1. The monoisotopic (exact) mass is 277 g/mol. The van der Waals surface area contributed by atoms with Gasteiger partial charge in [-0.1, -0.05) is 49.6 Å². The van der Waals surface area contributed by atoms with Gasteiger partial charge in [0.1, 0.15) is 0 Å². The summed E-state index contributed by atoms with van der Waals surface area (Å²) < 4.78 is 0. The van der Waals surface area contributed by atoms with Crippen LogP contribution in [0.3, 0.4) is 0 Å². The van der Waals surface area contributed by atoms with E-state index in [1.54, 1.807) is 0 Å². The summed E-state index contributed by atoms with van der Waals surface area (Å²) in [6.07, 6.45) is 5.75. The van der Waals surface area contributed by atoms with Crippen LogP contribution in [-0.2, 0) is 5.75 Å². The van der Waals surface area contributed by atoms with Crippen molar-refractivity contribution in [3.63, 3.8) is 0 Å². The van der Waals surface area contributed by atoms with E-state index >= 15 is 0 Å². The fourth-order valence-electron chi connectivity index (χ4n) is 3.09. The van der Waals surface area contributed by atoms with Gasteiger partial charge in [-0.3, -0.25) is 0 Å². The van der Waals surface area contributed by atoms with Gasteiger partial charge in [-0.05, 0) is 37.8 Å². The maximum Gasteiger partial charge on any atom is 0.0186 e. The number of thioether (sulfide) groups is 1. The van der Waals surface area contributed by atoms with Gasteiger partial charge in [0.05, 0.1) is 0 Å². The zero-order valence-corrected chi connectivity index (χ0v) is 13.1. The van der Waals surface area contributed by atoms with Crippen LogP contribution in [-0.4, -0.2) is 18.3 Å². The first kappa shape index (κ1) is 14.9. The summed E-state index contributed by atoms with van der Waals surface area (Å²) in [5, 5.41) is 3.70. The standard InChI is InChI=1S/C17H27NS/c1-3-18-17(16-9-4-5-10-16)13-19-12-15-8-6-7-14(2)11-15/h6-8,11,16-18H,3-5,9-10,12-13H2,1-2H3. The molecule has 0 bridgehead atoms. The molecule has 0 amide bonds. The predicted octanol–water partition coefficient (Wildman–Crippen LogP) is 4.40. The highest BCUT2D eigenvalue weighted by Gasteiger charge is 2.23. The van der Waals surface area contributed by atoms with Gasteiger partial charge in [0.15, 0.2) is 0 Å². The maximum atomic E-state index is 3.70. The van der Waals surface area contributed by atoms with E-state index in [2.05, 4.69) is 55.2 Å². The minimum atomic E-state index is 0.724. The fourth-order valence-corrected chi connectivity index (χ4v) is 4.27. The lowest BCUT2D eigenvalue weighted by Gasteiger charge is -2.24. The molecule has 1 unspecified atom stereocenters. The molecule has 1 aromatic carbocycles. The van der Waals surface area contributed by atoms with Crippen LogP contribution in [0.15, 0.2) is 24.3 Å². The van der Waals surface area contributed by atoms with E-state index in [0.717, 1.165) is 24.3 Å². The Kier molecular flexibility index (Phi) is 6.25. The van der Waals surface area contributed by atoms with Gasteiger partial charge in [0, 0.05) is 17.5 Å². The number of hydrogen-bond acceptors (Lipinski definition) is 2. The Morgan fingerprint density at radius 2 is 2.11 bits per heavy atom. The molecule has 1 fully saturated rings. The molecule has 19 heavy (non-hydrogen) atoms. The third kappa shape index (κ3) is 4.85. The quantitative estimate of drug-likeness (QED) is 0.793. The molecule has 0 aromatic heterocycles. The highest BCUT2D eigenvalue weighted by atomic mass is 32.2. The first-order valence-electron chi connectivity index (χ1n) is 7.66. The Hall–Kier alpha value is -0.470. The van der Waals surface area contributed by atoms with E-state index in [-0.39, 0.29) is 0 Å². The zero-order valence-electron chi connectivity index (χ0n) is 12.3. The summed E-state index contributed by atoms with van der Waals surface area (Å²) in [7, 11) is 0. The fraction of sp³-hybridized carbons (Fsp3) is 0.647. The van der Waals surface area contributed by atoms with Crippen LogP contribution in [0.1, 0.15) is 43.7 Å². The maximum absolute atomic E-state index is 3.70. The molecule has 1 saturated carbocycles. The predicted molar refractivity (Wildman–Crippen MR) is 86.8 cm³/mol. The van der Waals surface area contributed by atoms with Crippen molar-refractivity contribution in [3.8, 4) is 0 Å². The zero-order chi connectivity index (χ0) is 13.5. The number of hydrogen-bond donors (Lipinski definition) is 1. The van der Waals surface area contributed by atoms with E-state index in [1.807, 2.05) is 0 Å². The van der Waals surface area contributed by atoms with E-state index in [9.17, 15) is 0 Å². The van der Waals surface area contributed by atoms with Crippen molar-refractivity contribution in [1.82, 2.24) is 5.32 Å². The third-order valence-corrected chi connectivity index (χ3v) is 5.22. The van der Waals surface area contributed by atoms with Crippen molar-refractivity contribution in [2.24, 2.45) is 5.92 Å². The third-order valence-electron chi connectivity index (χ3n) is 4.08. The topological polar surface area (TPSA) is 12.0 Å². The second-order valence-electron chi connectivity index (χ2n) is 5.71. The summed E-state index contributed by atoms with van der Waals surface area (Å²) in [4.78, 5) is 0. The molecule has 1 aliphatic carbocycles. The Morgan fingerprint density at radius 1 is 1.32 bits per heavy atom. The number of rotatable bonds is 7. The van der Waals surface area contributed by atoms with Crippen LogP contribution in [0.5, 0.6) is 0 Å². The number of aryl methyl sites for hydroxylation is 1. The molecule has 2 rings (SSSR count). The Balaban J connectivity index is 1.78. The molecule has 0 spiro atoms. The van der Waals surface area contributed by atoms with Gasteiger partial charge in [-0.15, -0.1) is 0 Å². The Morgan fingerprint density at radius 3 is 2.79 bits per heavy atom. The summed E-state index contributed by atoms with van der Waals surface area (Å²) in [5.74, 6) is 3.33. The highest BCUT2D eigenvalue weighted by molar-refractivity contribution is 7.98. The van der Waals surface area contributed by atoms with Gasteiger partial charge in [-0.25, -0.2) is 0 Å². The second kappa shape index (κ2) is 7.96. The van der Waals surface area contributed by atoms with E-state index in [0.29, 0.717) is 0 Å². The molecule has 2 heteroatoms. The summed E-state index contributed by atoms with van der Waals surface area (Å²) in [5.41, 5.74) is 2.84. The molecule has 1 aliphatic rings. The minimum Gasteiger partial charge on any atom is -0.313 e. The lowest BCUT2D eigenvalue weighted by molar-refractivity contribution is 0.394. The Labute approximate surface area is 122 Å². The van der Waals surface area contributed by atoms with E-state index in [4.69, 9.17) is 0 Å². The molecule has 1 nitrogen and oxygen atoms in total. The molecule has 0 radical (unpaired) electrons. The molecule has 1 aromatic rings. The lowest BCUT2D eigenvalue weighted by Crippen LogP contribution is -2.37. The SMILES string of the molecule is CCNC(CSCc1cccc(C)c1)C1CCCC1. The minimum absolute atomic E-state index is 0.724. The van der Waals surface area contributed by atoms with Crippen molar-refractivity contribution in [1.29, 1.82) is 0 Å². The van der Waals surface area contributed by atoms with Crippen molar-refractivity contribution in [2.45, 2.75) is 51.3 Å². The molecule has 1 N–H and O–H groups in total. The second-order valence-corrected chi connectivity index (χ2v) is 6.74. The van der Waals surface area contributed by atoms with Crippen molar-refractivity contribution >= 4 is 11.8 Å². The highest BCUT2D eigenvalue weighted by Crippen LogP contribution is 2.29. The first-order chi connectivity index (χ1) is 9.29. The van der Waals surface area contributed by atoms with Crippen LogP contribution in [0.25, 0.3) is 0 Å². The summed E-state index contributed by atoms with van der Waals surface area (Å²) in [6, 6.07) is 9.63. The van der Waals surface area contributed by atoms with Crippen molar-refractivity contribution < 1.29 is 0 Å². The van der Waals surface area contributed by atoms with Crippen LogP contribution in [0.4, 0.5) is 0 Å². The van der Waals surface area contributed by atoms with E-state index < -0.39 is 0 Å². The Bertz CT molecular complexity index is 371. The van der Waals surface area contributed by atoms with E-state index in [1.165, 1.54) is 42.6 Å². The molecular weight excluding hydrogens is 250 g/mol. The molecule has 106 valence electrons. The smallest absolute Gasteiger partial charge is 0.0186 e. The normalized spacial score (nSPS) is 17.8. The first-order valence-corrected chi connectivity index (χ1v) is 8.81. The molecule has 0 aliphatic heterocycles. The summed E-state index contributed by atoms with van der Waals surface area (Å²) >= 11 is 2.09. The van der Waals surface area contributed by atoms with Crippen molar-refractivity contribution in [2.75, 3.05) is 12.3 Å². The number of nitrogens with one attached hydrogen (secondary N) is 1. The van der Waals surface area contributed by atoms with Crippen LogP contribution < -0.4 is 5.32 Å². The average Bonchev–Trinajstić information content (AvgIpc) is 2.91. The van der Waals surface area contributed by atoms with Crippen LogP contribution >= 0.6 is 11.8 Å². The molecule has 1 atom stereocenters. The van der Waals surface area contributed by atoms with Gasteiger partial charge >= 0.3 is 0 Å². The van der Waals surface area contributed by atoms with Crippen LogP contribution in [0, 0.1) is 12.8 Å². The average molecular weight is 277 g/mol. The van der Waals surface area contributed by atoms with Crippen LogP contribution in [0.2, 0.25) is 0 Å². The largest absolute Gasteiger partial charge is 0.313 e. The summed E-state index contributed by atoms with van der Waals surface area (Å²) in [6.45, 7) is 5.51. The van der Waals surface area contributed by atoms with Gasteiger partial charge in [0.25, 0.3) is 0 Å². The lowest BCUT2D eigenvalue weighted by atomic mass is 10.00. The van der Waals surface area contributed by atoms with Gasteiger partial charge in [0.2, 0.25) is 0 Å². The van der Waals surface area contributed by atoms with Crippen molar-refractivity contribution in [3.05, 3.63) is 35.4 Å². The molecule has 0 heterocycles. The molecular formula is C17H27NS. The molecule has 0 saturated heterocycles. The van der Waals surface area contributed by atoms with Gasteiger partial charge < -0.3 is 5.32 Å². The van der Waals surface area contributed by atoms with Gasteiger partial charge in [-0.2, -0.15) is 11.8 Å².